The molecule has 1 heterocycles. The third-order valence-electron chi connectivity index (χ3n) is 6.48. The molecule has 35 heavy (non-hydrogen) atoms. The summed E-state index contributed by atoms with van der Waals surface area (Å²) in [5.41, 5.74) is 3.39. The first-order valence-electron chi connectivity index (χ1n) is 12.2. The Hall–Kier alpha value is -3.13. The smallest absolute Gasteiger partial charge is 0.262 e. The van der Waals surface area contributed by atoms with Gasteiger partial charge in [0.15, 0.2) is 5.16 Å². The number of aromatic nitrogens is 2. The molecule has 2 aromatic carbocycles. The van der Waals surface area contributed by atoms with E-state index < -0.39 is 0 Å². The summed E-state index contributed by atoms with van der Waals surface area (Å²) in [6.07, 6.45) is 5.73. The van der Waals surface area contributed by atoms with Crippen molar-refractivity contribution in [1.82, 2.24) is 14.9 Å². The number of anilines is 1. The summed E-state index contributed by atoms with van der Waals surface area (Å²) in [6.45, 7) is 4.25. The van der Waals surface area contributed by atoms with Crippen molar-refractivity contribution in [2.45, 2.75) is 70.1 Å². The molecule has 8 heteroatoms. The minimum Gasteiger partial charge on any atom is -0.353 e. The summed E-state index contributed by atoms with van der Waals surface area (Å²) >= 11 is 1.21. The summed E-state index contributed by atoms with van der Waals surface area (Å²) in [7, 11) is 0. The highest BCUT2D eigenvalue weighted by Crippen LogP contribution is 2.20. The van der Waals surface area contributed by atoms with Crippen LogP contribution in [0, 0.1) is 13.8 Å². The number of para-hydroxylation sites is 1. The van der Waals surface area contributed by atoms with Gasteiger partial charge in [-0.25, -0.2) is 4.98 Å². The maximum atomic E-state index is 13.2. The molecule has 0 aliphatic heterocycles. The van der Waals surface area contributed by atoms with Crippen molar-refractivity contribution in [3.05, 3.63) is 63.9 Å². The molecule has 4 rings (SSSR count). The van der Waals surface area contributed by atoms with Gasteiger partial charge in [-0.05, 0) is 62.1 Å². The quantitative estimate of drug-likeness (QED) is 0.355. The normalized spacial score (nSPS) is 14.1. The first-order chi connectivity index (χ1) is 16.9. The first kappa shape index (κ1) is 25.0. The van der Waals surface area contributed by atoms with Gasteiger partial charge in [0.25, 0.3) is 5.56 Å². The van der Waals surface area contributed by atoms with Crippen LogP contribution in [0.2, 0.25) is 0 Å². The Balaban J connectivity index is 1.47. The van der Waals surface area contributed by atoms with Crippen LogP contribution >= 0.6 is 11.8 Å². The molecular formula is C27H32N4O3S. The number of nitrogens with one attached hydrogen (secondary N) is 2. The van der Waals surface area contributed by atoms with Gasteiger partial charge in [-0.3, -0.25) is 19.0 Å². The highest BCUT2D eigenvalue weighted by molar-refractivity contribution is 7.99. The van der Waals surface area contributed by atoms with Gasteiger partial charge < -0.3 is 10.6 Å². The van der Waals surface area contributed by atoms with Crippen molar-refractivity contribution in [3.63, 3.8) is 0 Å². The van der Waals surface area contributed by atoms with Gasteiger partial charge in [-0.15, -0.1) is 0 Å². The van der Waals surface area contributed by atoms with E-state index in [1.807, 2.05) is 38.1 Å². The zero-order chi connectivity index (χ0) is 24.8. The van der Waals surface area contributed by atoms with Crippen LogP contribution in [0.15, 0.2) is 52.4 Å². The van der Waals surface area contributed by atoms with Gasteiger partial charge in [0.1, 0.15) is 0 Å². The summed E-state index contributed by atoms with van der Waals surface area (Å²) in [4.78, 5) is 43.1. The molecule has 1 fully saturated rings. The third-order valence-corrected chi connectivity index (χ3v) is 7.46. The topological polar surface area (TPSA) is 93.1 Å². The molecule has 1 aromatic heterocycles. The van der Waals surface area contributed by atoms with Crippen LogP contribution in [0.3, 0.4) is 0 Å². The van der Waals surface area contributed by atoms with Crippen LogP contribution < -0.4 is 16.2 Å². The van der Waals surface area contributed by atoms with Crippen LogP contribution in [-0.4, -0.2) is 33.2 Å². The average Bonchev–Trinajstić information content (AvgIpc) is 2.85. The van der Waals surface area contributed by atoms with Gasteiger partial charge in [0, 0.05) is 24.7 Å². The largest absolute Gasteiger partial charge is 0.353 e. The average molecular weight is 493 g/mol. The van der Waals surface area contributed by atoms with E-state index in [1.165, 1.54) is 22.7 Å². The molecule has 0 bridgehead atoms. The number of carbonyl (C=O) groups is 2. The number of thioether (sulfide) groups is 1. The number of rotatable bonds is 8. The summed E-state index contributed by atoms with van der Waals surface area (Å²) in [6, 6.07) is 13.2. The van der Waals surface area contributed by atoms with E-state index in [4.69, 9.17) is 0 Å². The van der Waals surface area contributed by atoms with Crippen LogP contribution in [0.1, 0.15) is 49.7 Å². The Morgan fingerprint density at radius 1 is 1.03 bits per heavy atom. The van der Waals surface area contributed by atoms with Crippen molar-refractivity contribution in [1.29, 1.82) is 0 Å². The molecule has 1 aliphatic carbocycles. The van der Waals surface area contributed by atoms with Crippen molar-refractivity contribution in [3.8, 4) is 0 Å². The van der Waals surface area contributed by atoms with Crippen molar-refractivity contribution >= 4 is 40.2 Å². The molecule has 0 saturated heterocycles. The molecule has 0 unspecified atom stereocenters. The second-order valence-corrected chi connectivity index (χ2v) is 10.1. The van der Waals surface area contributed by atoms with Crippen molar-refractivity contribution < 1.29 is 9.59 Å². The monoisotopic (exact) mass is 492 g/mol. The molecule has 1 aliphatic rings. The predicted molar refractivity (Wildman–Crippen MR) is 141 cm³/mol. The Bertz CT molecular complexity index is 1280. The van der Waals surface area contributed by atoms with Gasteiger partial charge in [-0.2, -0.15) is 0 Å². The number of hydrogen-bond acceptors (Lipinski definition) is 5. The van der Waals surface area contributed by atoms with Gasteiger partial charge in [0.2, 0.25) is 11.8 Å². The van der Waals surface area contributed by atoms with Crippen LogP contribution in [-0.2, 0) is 16.1 Å². The molecule has 2 N–H and O–H groups in total. The number of nitrogens with zero attached hydrogens (tertiary/aromatic N) is 2. The maximum absolute atomic E-state index is 13.2. The highest BCUT2D eigenvalue weighted by atomic mass is 32.2. The van der Waals surface area contributed by atoms with Crippen LogP contribution in [0.25, 0.3) is 10.9 Å². The van der Waals surface area contributed by atoms with E-state index in [2.05, 4.69) is 15.6 Å². The second-order valence-electron chi connectivity index (χ2n) is 9.16. The Morgan fingerprint density at radius 3 is 2.57 bits per heavy atom. The number of benzene rings is 2. The van der Waals surface area contributed by atoms with Crippen molar-refractivity contribution in [2.24, 2.45) is 0 Å². The lowest BCUT2D eigenvalue weighted by Gasteiger charge is -2.23. The highest BCUT2D eigenvalue weighted by Gasteiger charge is 2.18. The fourth-order valence-corrected chi connectivity index (χ4v) is 5.19. The standard InChI is InChI=1S/C27H32N4O3S/c1-18-12-13-21(16-19(18)2)29-25(33)17-35-27-30-23-11-7-6-10-22(23)26(34)31(27)15-14-24(32)28-20-8-4-3-5-9-20/h6-7,10-13,16,20H,3-5,8-9,14-15,17H2,1-2H3,(H,28,32)(H,29,33). The third kappa shape index (κ3) is 6.51. The first-order valence-corrected chi connectivity index (χ1v) is 13.2. The number of amides is 2. The second kappa shape index (κ2) is 11.5. The maximum Gasteiger partial charge on any atom is 0.262 e. The molecule has 0 radical (unpaired) electrons. The Labute approximate surface area is 209 Å². The van der Waals surface area contributed by atoms with Crippen LogP contribution in [0.4, 0.5) is 5.69 Å². The molecule has 0 atom stereocenters. The number of carbonyl (C=O) groups excluding carboxylic acids is 2. The van der Waals surface area contributed by atoms with E-state index in [0.29, 0.717) is 16.1 Å². The number of hydrogen-bond donors (Lipinski definition) is 2. The molecule has 184 valence electrons. The minimum atomic E-state index is -0.196. The molecular weight excluding hydrogens is 460 g/mol. The molecule has 1 saturated carbocycles. The SMILES string of the molecule is Cc1ccc(NC(=O)CSc2nc3ccccc3c(=O)n2CCC(=O)NC2CCCCC2)cc1C. The summed E-state index contributed by atoms with van der Waals surface area (Å²) in [5.74, 6) is -0.131. The molecule has 0 spiro atoms. The summed E-state index contributed by atoms with van der Waals surface area (Å²) in [5, 5.41) is 6.96. The zero-order valence-corrected chi connectivity index (χ0v) is 21.1. The number of aryl methyl sites for hydroxylation is 2. The minimum absolute atomic E-state index is 0.0552. The Morgan fingerprint density at radius 2 is 1.80 bits per heavy atom. The lowest BCUT2D eigenvalue weighted by Crippen LogP contribution is -2.37. The zero-order valence-electron chi connectivity index (χ0n) is 20.3. The lowest BCUT2D eigenvalue weighted by molar-refractivity contribution is -0.122. The van der Waals surface area contributed by atoms with E-state index >= 15 is 0 Å². The molecule has 2 amide bonds. The lowest BCUT2D eigenvalue weighted by atomic mass is 9.95. The fourth-order valence-electron chi connectivity index (χ4n) is 4.36. The van der Waals surface area contributed by atoms with E-state index in [1.54, 1.807) is 18.2 Å². The Kier molecular flexibility index (Phi) is 8.23. The molecule has 7 nitrogen and oxygen atoms in total. The summed E-state index contributed by atoms with van der Waals surface area (Å²) < 4.78 is 1.52. The number of fused-ring (bicyclic) bond motifs is 1. The fraction of sp³-hybridized carbons (Fsp3) is 0.407. The van der Waals surface area contributed by atoms with Gasteiger partial charge in [0.05, 0.1) is 16.7 Å². The predicted octanol–water partition coefficient (Wildman–Crippen LogP) is 4.58. The van der Waals surface area contributed by atoms with Crippen molar-refractivity contribution in [2.75, 3.05) is 11.1 Å². The van der Waals surface area contributed by atoms with Crippen LogP contribution in [0.5, 0.6) is 0 Å². The molecule has 3 aromatic rings. The van der Waals surface area contributed by atoms with E-state index in [-0.39, 0.29) is 42.1 Å². The van der Waals surface area contributed by atoms with E-state index in [9.17, 15) is 14.4 Å². The van der Waals surface area contributed by atoms with Gasteiger partial charge >= 0.3 is 0 Å². The van der Waals surface area contributed by atoms with Gasteiger partial charge in [-0.1, -0.05) is 49.2 Å². The van der Waals surface area contributed by atoms with E-state index in [0.717, 1.165) is 42.5 Å².